The highest BCUT2D eigenvalue weighted by atomic mass is 127. The third-order valence-electron chi connectivity index (χ3n) is 30.6. The Morgan fingerprint density at radius 2 is 0.705 bits per heavy atom. The van der Waals surface area contributed by atoms with Crippen molar-refractivity contribution < 1.29 is 66.6 Å². The summed E-state index contributed by atoms with van der Waals surface area (Å²) in [6.45, 7) is 4.38. The summed E-state index contributed by atoms with van der Waals surface area (Å²) in [5.74, 6) is 3.99. The molecule has 20 nitrogen and oxygen atoms in total. The number of benzene rings is 7. The number of halogens is 9. The van der Waals surface area contributed by atoms with Crippen molar-refractivity contribution in [2.75, 3.05) is 43.7 Å². The van der Waals surface area contributed by atoms with Gasteiger partial charge in [0.05, 0.1) is 104 Å². The fourth-order valence-corrected chi connectivity index (χ4v) is 24.3. The lowest BCUT2D eigenvalue weighted by atomic mass is 9.64. The van der Waals surface area contributed by atoms with E-state index in [1.807, 2.05) is 115 Å². The lowest BCUT2D eigenvalue weighted by Crippen LogP contribution is -2.43. The summed E-state index contributed by atoms with van der Waals surface area (Å²) in [6.07, 6.45) is 24.6. The van der Waals surface area contributed by atoms with Gasteiger partial charge in [0.1, 0.15) is 34.4 Å². The molecule has 696 valence electrons. The van der Waals surface area contributed by atoms with E-state index in [0.717, 1.165) is 244 Å². The van der Waals surface area contributed by atoms with E-state index in [2.05, 4.69) is 98.8 Å². The first kappa shape index (κ1) is 95.2. The number of carboxylic acid groups (broad SMARTS) is 2. The molecule has 23 rings (SSSR count). The molecule has 3 saturated heterocycles. The Hall–Kier alpha value is -7.08. The van der Waals surface area contributed by atoms with E-state index in [0.29, 0.717) is 132 Å². The standard InChI is InChI=1S/C31H32Cl2N2O4.C30H30Cl2N2O4.C19H20Cl2N2O2.C12H13BrO2.C11H11BrO2.HI/c1-37-30(36)31(12-3-13-31)20-8-10-21(11-9-20)35-16-19-14-22(35)15-26(19)38-17-23-28(34-39-29(23)18-6-7-18)27-24(32)4-2-5-25(27)33;31-23-3-1-4-24(32)26(23)27-22(28(38-33-27)17-5-6-17)16-37-25-14-21-13-18(25)15-34(21)20-9-7-19(8-10-20)30(29(35)36)11-2-12-30;20-14-2-1-3-15(21)17(14)18-13(19(25-23-18)10-4-5-10)9-24-16-7-12-6-11(16)8-22-12;1-15-11(14)12(7-2-8-12)9-3-5-10(13)6-4-9;12-9-4-2-8(3-5-9)11(10(13)14)6-1-7-11;/h2,4-5,8-11,18-19,22,26H,3,6-7,12-17H2,1H3;1,3-4,7-10,17-18,21,25H,2,5-6,11-16H2,(H,35,36);1-3,10-12,16,22H,4-9H2;3-6H,2,7-8H2,1H3;2-5H,1,6-7H2,(H,13,14);1H/t19-,22-,26+;18-,21-,25+;11-,12-,16+;;;/m000.../s1. The smallest absolute Gasteiger partial charge is 0.316 e. The molecule has 6 bridgehead atoms. The van der Waals surface area contributed by atoms with Gasteiger partial charge in [-0.25, -0.2) is 0 Å². The number of piperidine rings is 3. The maximum Gasteiger partial charge on any atom is 0.316 e. The maximum absolute atomic E-state index is 12.5. The van der Waals surface area contributed by atoms with E-state index in [4.69, 9.17) is 107 Å². The van der Waals surface area contributed by atoms with E-state index in [9.17, 15) is 29.4 Å². The molecule has 0 radical (unpaired) electrons. The molecule has 7 aromatic carbocycles. The van der Waals surface area contributed by atoms with Crippen LogP contribution in [0.1, 0.15) is 228 Å². The van der Waals surface area contributed by atoms with Crippen LogP contribution in [-0.2, 0) is 84.3 Å². The van der Waals surface area contributed by atoms with Crippen LogP contribution in [0, 0.1) is 17.8 Å². The number of aromatic nitrogens is 3. The minimum Gasteiger partial charge on any atom is -0.481 e. The van der Waals surface area contributed by atoms with E-state index >= 15 is 0 Å². The first-order chi connectivity index (χ1) is 63.5. The van der Waals surface area contributed by atoms with Gasteiger partial charge in [0.25, 0.3) is 0 Å². The molecule has 10 aliphatic carbocycles. The molecule has 0 amide bonds. The Kier molecular flexibility index (Phi) is 29.0. The van der Waals surface area contributed by atoms with Gasteiger partial charge in [0.2, 0.25) is 0 Å². The number of carbonyl (C=O) groups excluding carboxylic acids is 2. The largest absolute Gasteiger partial charge is 0.481 e. The van der Waals surface area contributed by atoms with Crippen molar-refractivity contribution in [1.29, 1.82) is 0 Å². The number of rotatable bonds is 25. The van der Waals surface area contributed by atoms with Crippen molar-refractivity contribution in [1.82, 2.24) is 20.8 Å². The number of nitrogens with zero attached hydrogens (tertiary/aromatic N) is 5. The van der Waals surface area contributed by atoms with Gasteiger partial charge in [0.15, 0.2) is 0 Å². The molecule has 10 saturated carbocycles. The number of fused-ring (bicyclic) bond motifs is 6. The van der Waals surface area contributed by atoms with Crippen molar-refractivity contribution in [2.24, 2.45) is 17.8 Å². The fraction of sp³-hybridized carbons (Fsp3) is 0.466. The van der Waals surface area contributed by atoms with Crippen molar-refractivity contribution in [3.63, 3.8) is 0 Å². The minimum atomic E-state index is -0.700. The zero-order valence-electron chi connectivity index (χ0n) is 73.5. The van der Waals surface area contributed by atoms with Crippen LogP contribution in [0.25, 0.3) is 33.8 Å². The SMILES string of the molecule is COC(=O)C1(c2ccc(Br)cc2)CCC1.COC(=O)C1(c2ccc(N3C[C@@H]4C[C@H]3C[C@H]4OCc3c(-c4c(Cl)cccc4Cl)noc3C3CC3)cc2)CCC1.Clc1cccc(Cl)c1-c1noc(C2CC2)c1CO[C@@H]1C[C@@H]2C[C@H]1CN2.I.O=C(O)C1(c2ccc(Br)cc2)CCC1.O=C(O)C1(c2ccc(N3C[C@@H]4C[C@H]3C[C@H]4OCc3c(-c4c(Cl)cccc4Cl)noc3C3CC3)cc2)CCC1. The van der Waals surface area contributed by atoms with Crippen LogP contribution >= 0.6 is 125 Å². The molecule has 3 N–H and O–H groups in total. The van der Waals surface area contributed by atoms with Crippen molar-refractivity contribution in [2.45, 2.75) is 250 Å². The first-order valence-corrected chi connectivity index (χ1v) is 50.1. The van der Waals surface area contributed by atoms with E-state index < -0.39 is 28.2 Å². The number of hydrogen-bond donors (Lipinski definition) is 3. The number of carboxylic acids is 2. The van der Waals surface area contributed by atoms with Gasteiger partial charge >= 0.3 is 23.9 Å². The first-order valence-electron chi connectivity index (χ1n) is 46.2. The molecular weight excluding hydrogens is 2040 g/mol. The van der Waals surface area contributed by atoms with E-state index in [-0.39, 0.29) is 53.5 Å². The van der Waals surface area contributed by atoms with Gasteiger partial charge in [-0.05, 0) is 242 Å². The number of anilines is 2. The molecule has 0 spiro atoms. The number of methoxy groups -OCH3 is 2. The van der Waals surface area contributed by atoms with Crippen molar-refractivity contribution in [3.8, 4) is 33.8 Å². The Balaban J connectivity index is 0.000000117. The predicted octanol–water partition coefficient (Wildman–Crippen LogP) is 25.9. The Labute approximate surface area is 832 Å². The quantitative estimate of drug-likeness (QED) is 0.0355. The van der Waals surface area contributed by atoms with Crippen LogP contribution in [0.15, 0.2) is 174 Å². The highest BCUT2D eigenvalue weighted by Gasteiger charge is 2.53. The number of aliphatic carboxylic acids is 2. The average Bonchev–Trinajstić information content (AvgIpc) is 1.11. The zero-order valence-corrected chi connectivity index (χ0v) is 83.6. The average molecular weight is 2150 g/mol. The molecule has 13 aliphatic rings. The molecule has 9 atom stereocenters. The molecular formula is C103H107Br2Cl6IN6O14. The van der Waals surface area contributed by atoms with Crippen LogP contribution in [0.2, 0.25) is 30.1 Å². The van der Waals surface area contributed by atoms with Crippen LogP contribution in [0.3, 0.4) is 0 Å². The summed E-state index contributed by atoms with van der Waals surface area (Å²) in [6, 6.07) is 50.4. The number of ether oxygens (including phenoxy) is 5. The topological polar surface area (TPSA) is 251 Å². The van der Waals surface area contributed by atoms with Gasteiger partial charge in [-0.15, -0.1) is 24.0 Å². The lowest BCUT2D eigenvalue weighted by Gasteiger charge is -2.39. The Bertz CT molecular complexity index is 5800. The van der Waals surface area contributed by atoms with Crippen molar-refractivity contribution in [3.05, 3.63) is 247 Å². The van der Waals surface area contributed by atoms with Crippen molar-refractivity contribution >= 4 is 161 Å². The minimum absolute atomic E-state index is 0. The predicted molar refractivity (Wildman–Crippen MR) is 528 cm³/mol. The van der Waals surface area contributed by atoms with Gasteiger partial charge < -0.3 is 62.6 Å². The Morgan fingerprint density at radius 1 is 0.409 bits per heavy atom. The van der Waals surface area contributed by atoms with Gasteiger partial charge in [-0.3, -0.25) is 19.2 Å². The second-order valence-electron chi connectivity index (χ2n) is 38.1. The van der Waals surface area contributed by atoms with E-state index in [1.54, 1.807) is 0 Å². The number of carbonyl (C=O) groups is 4. The molecule has 6 heterocycles. The number of hydrogen-bond acceptors (Lipinski definition) is 18. The summed E-state index contributed by atoms with van der Waals surface area (Å²) >= 11 is 45.6. The van der Waals surface area contributed by atoms with Gasteiger partial charge in [-0.2, -0.15) is 0 Å². The molecule has 29 heteroatoms. The molecule has 0 unspecified atom stereocenters. The Morgan fingerprint density at radius 3 is 0.947 bits per heavy atom. The summed E-state index contributed by atoms with van der Waals surface area (Å²) in [5.41, 5.74) is 11.6. The monoisotopic (exact) mass is 2150 g/mol. The second-order valence-corrected chi connectivity index (χ2v) is 42.4. The second kappa shape index (κ2) is 40.2. The number of esters is 2. The molecule has 3 aromatic heterocycles. The molecule has 13 fully saturated rings. The van der Waals surface area contributed by atoms with Crippen LogP contribution in [0.5, 0.6) is 0 Å². The zero-order chi connectivity index (χ0) is 90.8. The summed E-state index contributed by atoms with van der Waals surface area (Å²) < 4.78 is 48.8. The lowest BCUT2D eigenvalue weighted by molar-refractivity contribution is -0.152. The number of nitrogens with one attached hydrogen (secondary N) is 1. The van der Waals surface area contributed by atoms with E-state index in [1.165, 1.54) is 32.0 Å². The third-order valence-corrected chi connectivity index (χ3v) is 33.5. The summed E-state index contributed by atoms with van der Waals surface area (Å²) in [5, 5.41) is 39.0. The maximum atomic E-state index is 12.5. The van der Waals surface area contributed by atoms with Crippen LogP contribution in [0.4, 0.5) is 11.4 Å². The highest BCUT2D eigenvalue weighted by molar-refractivity contribution is 14.0. The molecule has 132 heavy (non-hydrogen) atoms. The molecule has 10 aromatic rings. The summed E-state index contributed by atoms with van der Waals surface area (Å²) in [4.78, 5) is 52.3. The van der Waals surface area contributed by atoms with Gasteiger partial charge in [-0.1, -0.05) is 209 Å². The highest BCUT2D eigenvalue weighted by Crippen LogP contribution is 2.55. The molecule has 3 aliphatic heterocycles. The summed E-state index contributed by atoms with van der Waals surface area (Å²) in [7, 11) is 2.94. The fourth-order valence-electron chi connectivity index (χ4n) is 22.0. The van der Waals surface area contributed by atoms with Crippen LogP contribution in [-0.4, -0.2) is 120 Å². The van der Waals surface area contributed by atoms with Crippen LogP contribution < -0.4 is 15.1 Å². The third kappa shape index (κ3) is 18.9. The normalized spacial score (nSPS) is 24.1. The van der Waals surface area contributed by atoms with Gasteiger partial charge in [0, 0.05) is 121 Å².